The second-order valence-electron chi connectivity index (χ2n) is 5.76. The summed E-state index contributed by atoms with van der Waals surface area (Å²) < 4.78 is 29.1. The Morgan fingerprint density at radius 2 is 1.84 bits per heavy atom. The zero-order chi connectivity index (χ0) is 17.9. The summed E-state index contributed by atoms with van der Waals surface area (Å²) >= 11 is 0. The van der Waals surface area contributed by atoms with Gasteiger partial charge in [0, 0.05) is 18.7 Å². The maximum absolute atomic E-state index is 12.3. The first-order valence-corrected chi connectivity index (χ1v) is 9.46. The smallest absolute Gasteiger partial charge is 0.240 e. The van der Waals surface area contributed by atoms with Gasteiger partial charge in [-0.05, 0) is 37.6 Å². The van der Waals surface area contributed by atoms with Crippen molar-refractivity contribution in [2.24, 2.45) is 0 Å². The molecule has 0 fully saturated rings. The Morgan fingerprint density at radius 3 is 2.56 bits per heavy atom. The predicted octanol–water partition coefficient (Wildman–Crippen LogP) is 2.61. The highest BCUT2D eigenvalue weighted by Crippen LogP contribution is 2.13. The van der Waals surface area contributed by atoms with E-state index >= 15 is 0 Å². The Hall–Kier alpha value is -2.51. The van der Waals surface area contributed by atoms with Crippen LogP contribution in [0.15, 0.2) is 59.8 Å². The van der Waals surface area contributed by atoms with Gasteiger partial charge in [-0.15, -0.1) is 0 Å². The van der Waals surface area contributed by atoms with Crippen LogP contribution < -0.4 is 4.72 Å². The quantitative estimate of drug-likeness (QED) is 0.521. The number of hydrogen-bond acceptors (Lipinski definition) is 4. The Balaban J connectivity index is 1.58. The molecular formula is C18H19N3O3S. The number of sulfonamides is 1. The summed E-state index contributed by atoms with van der Waals surface area (Å²) in [6, 6.07) is 13.8. The number of benzene rings is 2. The molecule has 0 amide bonds. The molecule has 0 atom stereocenters. The summed E-state index contributed by atoms with van der Waals surface area (Å²) in [5.74, 6) is -0.0931. The summed E-state index contributed by atoms with van der Waals surface area (Å²) in [4.78, 5) is 15.7. The number of carbonyl (C=O) groups excluding carboxylic acids is 1. The standard InChI is InChI=1S/C18H19N3O3S/c1-14(22)15-7-9-16(10-8-15)25(23,24)20-11-4-12-21-13-19-17-5-2-3-6-18(17)21/h2-3,5-10,13,20H,4,11-12H2,1H3. The van der Waals surface area contributed by atoms with Gasteiger partial charge in [0.25, 0.3) is 0 Å². The maximum Gasteiger partial charge on any atom is 0.240 e. The summed E-state index contributed by atoms with van der Waals surface area (Å²) in [7, 11) is -3.57. The first-order chi connectivity index (χ1) is 12.0. The van der Waals surface area contributed by atoms with Crippen LogP contribution in [0.25, 0.3) is 11.0 Å². The van der Waals surface area contributed by atoms with Crippen LogP contribution in [-0.4, -0.2) is 30.3 Å². The van der Waals surface area contributed by atoms with Crippen molar-refractivity contribution in [1.29, 1.82) is 0 Å². The van der Waals surface area contributed by atoms with E-state index < -0.39 is 10.0 Å². The molecule has 3 aromatic rings. The monoisotopic (exact) mass is 357 g/mol. The normalized spacial score (nSPS) is 11.7. The van der Waals surface area contributed by atoms with E-state index in [0.717, 1.165) is 11.0 Å². The zero-order valence-corrected chi connectivity index (χ0v) is 14.7. The lowest BCUT2D eigenvalue weighted by molar-refractivity contribution is 0.101. The molecule has 0 spiro atoms. The van der Waals surface area contributed by atoms with E-state index in [4.69, 9.17) is 0 Å². The molecule has 6 nitrogen and oxygen atoms in total. The van der Waals surface area contributed by atoms with Gasteiger partial charge in [0.15, 0.2) is 5.78 Å². The number of carbonyl (C=O) groups is 1. The SMILES string of the molecule is CC(=O)c1ccc(S(=O)(=O)NCCCn2cnc3ccccc32)cc1. The van der Waals surface area contributed by atoms with Gasteiger partial charge in [0.05, 0.1) is 22.3 Å². The number of Topliss-reactive ketones (excluding diaryl/α,β-unsaturated/α-hetero) is 1. The van der Waals surface area contributed by atoms with Gasteiger partial charge < -0.3 is 4.57 Å². The molecule has 0 aliphatic carbocycles. The Bertz CT molecular complexity index is 992. The first-order valence-electron chi connectivity index (χ1n) is 7.98. The predicted molar refractivity (Wildman–Crippen MR) is 96.0 cm³/mol. The summed E-state index contributed by atoms with van der Waals surface area (Å²) in [6.07, 6.45) is 2.41. The minimum absolute atomic E-state index is 0.0931. The van der Waals surface area contributed by atoms with Crippen LogP contribution in [0, 0.1) is 0 Å². The van der Waals surface area contributed by atoms with Crippen molar-refractivity contribution in [3.8, 4) is 0 Å². The molecule has 0 aliphatic heterocycles. The highest BCUT2D eigenvalue weighted by atomic mass is 32.2. The molecule has 0 saturated carbocycles. The van der Waals surface area contributed by atoms with Crippen LogP contribution in [0.1, 0.15) is 23.7 Å². The molecule has 1 N–H and O–H groups in total. The minimum Gasteiger partial charge on any atom is -0.331 e. The molecule has 1 aromatic heterocycles. The second kappa shape index (κ2) is 7.16. The third-order valence-corrected chi connectivity index (χ3v) is 5.44. The van der Waals surface area contributed by atoms with Gasteiger partial charge in [-0.3, -0.25) is 4.79 Å². The van der Waals surface area contributed by atoms with Crippen LogP contribution in [0.3, 0.4) is 0 Å². The van der Waals surface area contributed by atoms with E-state index in [9.17, 15) is 13.2 Å². The maximum atomic E-state index is 12.3. The van der Waals surface area contributed by atoms with Crippen LogP contribution in [0.5, 0.6) is 0 Å². The number of fused-ring (bicyclic) bond motifs is 1. The number of imidazole rings is 1. The summed E-state index contributed by atoms with van der Waals surface area (Å²) in [5, 5.41) is 0. The largest absolute Gasteiger partial charge is 0.331 e. The Kier molecular flexibility index (Phi) is 4.96. The number of rotatable bonds is 7. The number of aromatic nitrogens is 2. The molecule has 25 heavy (non-hydrogen) atoms. The van der Waals surface area contributed by atoms with Crippen LogP contribution in [0.4, 0.5) is 0 Å². The van der Waals surface area contributed by atoms with E-state index in [1.807, 2.05) is 28.8 Å². The average molecular weight is 357 g/mol. The molecule has 0 radical (unpaired) electrons. The number of hydrogen-bond donors (Lipinski definition) is 1. The van der Waals surface area contributed by atoms with Gasteiger partial charge in [0.2, 0.25) is 10.0 Å². The third-order valence-electron chi connectivity index (χ3n) is 3.97. The number of nitrogens with zero attached hydrogens (tertiary/aromatic N) is 2. The Morgan fingerprint density at radius 1 is 1.12 bits per heavy atom. The number of para-hydroxylation sites is 2. The van der Waals surface area contributed by atoms with E-state index in [-0.39, 0.29) is 10.7 Å². The Labute approximate surface area is 146 Å². The topological polar surface area (TPSA) is 81.1 Å². The lowest BCUT2D eigenvalue weighted by atomic mass is 10.2. The molecule has 0 aliphatic rings. The van der Waals surface area contributed by atoms with Gasteiger partial charge >= 0.3 is 0 Å². The molecule has 0 unspecified atom stereocenters. The molecule has 0 bridgehead atoms. The van der Waals surface area contributed by atoms with Crippen LogP contribution in [0.2, 0.25) is 0 Å². The highest BCUT2D eigenvalue weighted by Gasteiger charge is 2.13. The van der Waals surface area contributed by atoms with Crippen LogP contribution in [-0.2, 0) is 16.6 Å². The number of ketones is 1. The van der Waals surface area contributed by atoms with Crippen molar-refractivity contribution in [2.75, 3.05) is 6.54 Å². The lowest BCUT2D eigenvalue weighted by Crippen LogP contribution is -2.25. The van der Waals surface area contributed by atoms with Crippen molar-refractivity contribution in [2.45, 2.75) is 24.8 Å². The van der Waals surface area contributed by atoms with E-state index in [1.165, 1.54) is 31.2 Å². The minimum atomic E-state index is -3.57. The van der Waals surface area contributed by atoms with Gasteiger partial charge in [0.1, 0.15) is 0 Å². The second-order valence-corrected chi connectivity index (χ2v) is 7.53. The van der Waals surface area contributed by atoms with Gasteiger partial charge in [-0.2, -0.15) is 0 Å². The lowest BCUT2D eigenvalue weighted by Gasteiger charge is -2.08. The molecule has 130 valence electrons. The molecule has 2 aromatic carbocycles. The molecule has 1 heterocycles. The van der Waals surface area contributed by atoms with E-state index in [2.05, 4.69) is 9.71 Å². The molecular weight excluding hydrogens is 338 g/mol. The molecule has 3 rings (SSSR count). The number of nitrogens with one attached hydrogen (secondary N) is 1. The van der Waals surface area contributed by atoms with Crippen molar-refractivity contribution >= 4 is 26.8 Å². The highest BCUT2D eigenvalue weighted by molar-refractivity contribution is 7.89. The fraction of sp³-hybridized carbons (Fsp3) is 0.222. The van der Waals surface area contributed by atoms with E-state index in [0.29, 0.717) is 25.1 Å². The first kappa shape index (κ1) is 17.3. The van der Waals surface area contributed by atoms with Crippen molar-refractivity contribution in [3.05, 3.63) is 60.4 Å². The molecule has 0 saturated heterocycles. The van der Waals surface area contributed by atoms with Crippen LogP contribution >= 0.6 is 0 Å². The fourth-order valence-corrected chi connectivity index (χ4v) is 3.67. The van der Waals surface area contributed by atoms with Crippen molar-refractivity contribution < 1.29 is 13.2 Å². The molecule has 7 heteroatoms. The van der Waals surface area contributed by atoms with Gasteiger partial charge in [-0.1, -0.05) is 24.3 Å². The van der Waals surface area contributed by atoms with Crippen molar-refractivity contribution in [3.63, 3.8) is 0 Å². The average Bonchev–Trinajstić information content (AvgIpc) is 3.02. The van der Waals surface area contributed by atoms with Crippen molar-refractivity contribution in [1.82, 2.24) is 14.3 Å². The van der Waals surface area contributed by atoms with E-state index in [1.54, 1.807) is 6.33 Å². The fourth-order valence-electron chi connectivity index (χ4n) is 2.60. The van der Waals surface area contributed by atoms with Gasteiger partial charge in [-0.25, -0.2) is 18.1 Å². The summed E-state index contributed by atoms with van der Waals surface area (Å²) in [6.45, 7) is 2.44. The number of aryl methyl sites for hydroxylation is 1. The third kappa shape index (κ3) is 3.94. The summed E-state index contributed by atoms with van der Waals surface area (Å²) in [5.41, 5.74) is 2.45. The zero-order valence-electron chi connectivity index (χ0n) is 13.8.